The van der Waals surface area contributed by atoms with Gasteiger partial charge in [-0.1, -0.05) is 12.1 Å². The van der Waals surface area contributed by atoms with E-state index in [0.717, 1.165) is 38.2 Å². The normalized spacial score (nSPS) is 16.7. The van der Waals surface area contributed by atoms with Crippen molar-refractivity contribution in [1.82, 2.24) is 9.80 Å². The van der Waals surface area contributed by atoms with Crippen LogP contribution in [0.25, 0.3) is 0 Å². The molecule has 1 fully saturated rings. The molecule has 0 bridgehead atoms. The number of carbonyl (C=O) groups is 1. The second kappa shape index (κ2) is 8.90. The Morgan fingerprint density at radius 1 is 1.32 bits per heavy atom. The molecule has 1 aliphatic heterocycles. The number of likely N-dealkylation sites (tertiary alicyclic amines) is 1. The molecule has 1 amide bonds. The van der Waals surface area contributed by atoms with E-state index in [9.17, 15) is 9.18 Å². The molecule has 0 aromatic heterocycles. The third kappa shape index (κ3) is 6.51. The molecule has 1 aliphatic rings. The topological polar surface area (TPSA) is 32.8 Å². The predicted octanol–water partition coefficient (Wildman–Crippen LogP) is 4.25. The lowest BCUT2D eigenvalue weighted by molar-refractivity contribution is 0.0155. The zero-order chi connectivity index (χ0) is 18.4. The van der Waals surface area contributed by atoms with E-state index in [1.54, 1.807) is 22.7 Å². The number of carbonyl (C=O) groups excluding carboxylic acids is 1. The SMILES string of the molecule is CN(C(=O)OC(C)(C)C)C1CCN(CCSc2ccccc2F)CC1. The monoisotopic (exact) mass is 368 g/mol. The molecule has 6 heteroatoms. The first-order valence-corrected chi connectivity index (χ1v) is 9.80. The minimum absolute atomic E-state index is 0.148. The molecule has 1 aromatic rings. The maximum Gasteiger partial charge on any atom is 0.410 e. The Bertz CT molecular complexity index is 569. The number of ether oxygens (including phenoxy) is 1. The molecule has 1 aromatic carbocycles. The van der Waals surface area contributed by atoms with E-state index in [4.69, 9.17) is 4.74 Å². The van der Waals surface area contributed by atoms with Crippen molar-refractivity contribution < 1.29 is 13.9 Å². The van der Waals surface area contributed by atoms with Gasteiger partial charge in [-0.15, -0.1) is 11.8 Å². The van der Waals surface area contributed by atoms with Crippen molar-refractivity contribution in [3.05, 3.63) is 30.1 Å². The van der Waals surface area contributed by atoms with Crippen molar-refractivity contribution in [3.8, 4) is 0 Å². The van der Waals surface area contributed by atoms with Crippen LogP contribution in [0, 0.1) is 5.82 Å². The van der Waals surface area contributed by atoms with Gasteiger partial charge in [0.2, 0.25) is 0 Å². The smallest absolute Gasteiger partial charge is 0.410 e. The first-order chi connectivity index (χ1) is 11.8. The Hall–Kier alpha value is -1.27. The molecule has 1 heterocycles. The van der Waals surface area contributed by atoms with Crippen molar-refractivity contribution >= 4 is 17.9 Å². The molecule has 0 radical (unpaired) electrons. The van der Waals surface area contributed by atoms with Crippen LogP contribution in [0.1, 0.15) is 33.6 Å². The molecule has 0 saturated carbocycles. The minimum Gasteiger partial charge on any atom is -0.444 e. The van der Waals surface area contributed by atoms with Crippen LogP contribution in [0.15, 0.2) is 29.2 Å². The summed E-state index contributed by atoms with van der Waals surface area (Å²) in [6, 6.07) is 7.13. The lowest BCUT2D eigenvalue weighted by Crippen LogP contribution is -2.47. The quantitative estimate of drug-likeness (QED) is 0.728. The van der Waals surface area contributed by atoms with Gasteiger partial charge in [-0.3, -0.25) is 0 Å². The van der Waals surface area contributed by atoms with Crippen LogP contribution in [0.4, 0.5) is 9.18 Å². The Balaban J connectivity index is 1.71. The molecule has 4 nitrogen and oxygen atoms in total. The van der Waals surface area contributed by atoms with E-state index < -0.39 is 5.60 Å². The van der Waals surface area contributed by atoms with Crippen LogP contribution in [0.5, 0.6) is 0 Å². The van der Waals surface area contributed by atoms with Gasteiger partial charge in [0.05, 0.1) is 0 Å². The van der Waals surface area contributed by atoms with Gasteiger partial charge in [-0.25, -0.2) is 9.18 Å². The molecular weight excluding hydrogens is 339 g/mol. The average Bonchev–Trinajstić information content (AvgIpc) is 2.55. The minimum atomic E-state index is -0.462. The number of piperidine rings is 1. The standard InChI is InChI=1S/C19H29FN2O2S/c1-19(2,3)24-18(23)21(4)15-9-11-22(12-10-15)13-14-25-17-8-6-5-7-16(17)20/h5-8,15H,9-14H2,1-4H3. The second-order valence-electron chi connectivity index (χ2n) is 7.44. The highest BCUT2D eigenvalue weighted by Crippen LogP contribution is 2.22. The summed E-state index contributed by atoms with van der Waals surface area (Å²) < 4.78 is 19.0. The van der Waals surface area contributed by atoms with Gasteiger partial charge in [0.1, 0.15) is 11.4 Å². The van der Waals surface area contributed by atoms with Gasteiger partial charge >= 0.3 is 6.09 Å². The molecule has 0 atom stereocenters. The third-order valence-electron chi connectivity index (χ3n) is 4.29. The number of amides is 1. The number of thioether (sulfide) groups is 1. The molecule has 0 unspecified atom stereocenters. The molecule has 2 rings (SSSR count). The van der Waals surface area contributed by atoms with Crippen molar-refractivity contribution in [3.63, 3.8) is 0 Å². The molecular formula is C19H29FN2O2S. The van der Waals surface area contributed by atoms with Gasteiger partial charge in [0, 0.05) is 43.4 Å². The second-order valence-corrected chi connectivity index (χ2v) is 8.58. The fourth-order valence-electron chi connectivity index (χ4n) is 2.86. The summed E-state index contributed by atoms with van der Waals surface area (Å²) in [6.07, 6.45) is 1.64. The highest BCUT2D eigenvalue weighted by molar-refractivity contribution is 7.99. The number of hydrogen-bond donors (Lipinski definition) is 0. The van der Waals surface area contributed by atoms with Crippen LogP contribution < -0.4 is 0 Å². The largest absolute Gasteiger partial charge is 0.444 e. The molecule has 0 aliphatic carbocycles. The molecule has 0 spiro atoms. The summed E-state index contributed by atoms with van der Waals surface area (Å²) in [7, 11) is 1.82. The van der Waals surface area contributed by atoms with Crippen LogP contribution in [-0.2, 0) is 4.74 Å². The van der Waals surface area contributed by atoms with E-state index in [2.05, 4.69) is 4.90 Å². The highest BCUT2D eigenvalue weighted by Gasteiger charge is 2.28. The van der Waals surface area contributed by atoms with Gasteiger partial charge in [0.15, 0.2) is 0 Å². The number of rotatable bonds is 5. The van der Waals surface area contributed by atoms with Crippen molar-refractivity contribution in [1.29, 1.82) is 0 Å². The van der Waals surface area contributed by atoms with Crippen molar-refractivity contribution in [2.75, 3.05) is 32.4 Å². The first kappa shape index (κ1) is 20.0. The maximum absolute atomic E-state index is 13.6. The van der Waals surface area contributed by atoms with Gasteiger partial charge < -0.3 is 14.5 Å². The summed E-state index contributed by atoms with van der Waals surface area (Å²) in [6.45, 7) is 8.49. The van der Waals surface area contributed by atoms with Gasteiger partial charge in [-0.05, 0) is 45.7 Å². The van der Waals surface area contributed by atoms with Gasteiger partial charge in [0.25, 0.3) is 0 Å². The summed E-state index contributed by atoms with van der Waals surface area (Å²) in [5.74, 6) is 0.721. The third-order valence-corrected chi connectivity index (χ3v) is 5.32. The Labute approximate surface area is 154 Å². The van der Waals surface area contributed by atoms with E-state index in [-0.39, 0.29) is 18.0 Å². The fourth-order valence-corrected chi connectivity index (χ4v) is 3.81. The number of benzene rings is 1. The fraction of sp³-hybridized carbons (Fsp3) is 0.632. The highest BCUT2D eigenvalue weighted by atomic mass is 32.2. The van der Waals surface area contributed by atoms with Crippen molar-refractivity contribution in [2.45, 2.75) is 50.2 Å². The van der Waals surface area contributed by atoms with Crippen LogP contribution >= 0.6 is 11.8 Å². The number of halogens is 1. The van der Waals surface area contributed by atoms with E-state index in [1.807, 2.05) is 40.0 Å². The van der Waals surface area contributed by atoms with Gasteiger partial charge in [-0.2, -0.15) is 0 Å². The zero-order valence-corrected chi connectivity index (χ0v) is 16.4. The van der Waals surface area contributed by atoms with Crippen LogP contribution in [0.2, 0.25) is 0 Å². The first-order valence-electron chi connectivity index (χ1n) is 8.82. The Morgan fingerprint density at radius 2 is 1.96 bits per heavy atom. The Kier molecular flexibility index (Phi) is 7.14. The predicted molar refractivity (Wildman–Crippen MR) is 101 cm³/mol. The summed E-state index contributed by atoms with van der Waals surface area (Å²) in [5.41, 5.74) is -0.462. The zero-order valence-electron chi connectivity index (χ0n) is 15.6. The summed E-state index contributed by atoms with van der Waals surface area (Å²) in [5, 5.41) is 0. The lowest BCUT2D eigenvalue weighted by atomic mass is 10.0. The van der Waals surface area contributed by atoms with E-state index in [1.165, 1.54) is 6.07 Å². The molecule has 25 heavy (non-hydrogen) atoms. The average molecular weight is 369 g/mol. The number of nitrogens with zero attached hydrogens (tertiary/aromatic N) is 2. The van der Waals surface area contributed by atoms with Crippen molar-refractivity contribution in [2.24, 2.45) is 0 Å². The maximum atomic E-state index is 13.6. The summed E-state index contributed by atoms with van der Waals surface area (Å²) >= 11 is 1.56. The number of hydrogen-bond acceptors (Lipinski definition) is 4. The molecule has 1 saturated heterocycles. The van der Waals surface area contributed by atoms with E-state index >= 15 is 0 Å². The molecule has 140 valence electrons. The van der Waals surface area contributed by atoms with Crippen LogP contribution in [0.3, 0.4) is 0 Å². The van der Waals surface area contributed by atoms with Crippen LogP contribution in [-0.4, -0.2) is 60.0 Å². The lowest BCUT2D eigenvalue weighted by Gasteiger charge is -2.37. The van der Waals surface area contributed by atoms with E-state index in [0.29, 0.717) is 4.90 Å². The molecule has 0 N–H and O–H groups in total. The Morgan fingerprint density at radius 3 is 2.56 bits per heavy atom. The summed E-state index contributed by atoms with van der Waals surface area (Å²) in [4.78, 5) is 17.0.